The maximum absolute atomic E-state index is 9.59. The largest absolute Gasteiger partial charge is 0.393 e. The normalized spacial score (nSPS) is 35.3. The third kappa shape index (κ3) is 3.24. The Kier molecular flexibility index (Phi) is 5.03. The molecular weight excluding hydrogens is 224 g/mol. The molecule has 1 saturated heterocycles. The fourth-order valence-electron chi connectivity index (χ4n) is 3.67. The first-order valence-electron chi connectivity index (χ1n) is 7.56. The van der Waals surface area contributed by atoms with Crippen LogP contribution in [-0.4, -0.2) is 35.2 Å². The average Bonchev–Trinajstić information content (AvgIpc) is 2.40. The van der Waals surface area contributed by atoms with Crippen molar-refractivity contribution < 1.29 is 5.11 Å². The van der Waals surface area contributed by atoms with Gasteiger partial charge in [0.2, 0.25) is 0 Å². The number of rotatable bonds is 3. The first-order valence-corrected chi connectivity index (χ1v) is 7.56. The molecule has 18 heavy (non-hydrogen) atoms. The molecule has 102 valence electrons. The van der Waals surface area contributed by atoms with Crippen molar-refractivity contribution in [2.24, 2.45) is 11.8 Å². The highest BCUT2D eigenvalue weighted by Crippen LogP contribution is 2.35. The second-order valence-electron chi connectivity index (χ2n) is 6.04. The van der Waals surface area contributed by atoms with Crippen molar-refractivity contribution in [3.63, 3.8) is 0 Å². The van der Waals surface area contributed by atoms with E-state index in [2.05, 4.69) is 17.9 Å². The van der Waals surface area contributed by atoms with Gasteiger partial charge in [0, 0.05) is 19.1 Å². The molecule has 2 rings (SSSR count). The van der Waals surface area contributed by atoms with Crippen molar-refractivity contribution in [3.8, 4) is 6.07 Å². The summed E-state index contributed by atoms with van der Waals surface area (Å²) in [6.07, 6.45) is 7.72. The fraction of sp³-hybridized carbons (Fsp3) is 0.933. The van der Waals surface area contributed by atoms with E-state index in [4.69, 9.17) is 0 Å². The zero-order valence-electron chi connectivity index (χ0n) is 11.5. The number of hydrogen-bond donors (Lipinski definition) is 1. The van der Waals surface area contributed by atoms with Crippen LogP contribution < -0.4 is 0 Å². The van der Waals surface area contributed by atoms with Gasteiger partial charge in [-0.2, -0.15) is 5.26 Å². The third-order valence-electron chi connectivity index (χ3n) is 4.76. The Morgan fingerprint density at radius 3 is 2.56 bits per heavy atom. The lowest BCUT2D eigenvalue weighted by atomic mass is 9.76. The summed E-state index contributed by atoms with van der Waals surface area (Å²) in [6.45, 7) is 4.20. The Morgan fingerprint density at radius 2 is 1.94 bits per heavy atom. The van der Waals surface area contributed by atoms with Crippen LogP contribution in [-0.2, 0) is 0 Å². The van der Waals surface area contributed by atoms with Gasteiger partial charge in [0.05, 0.1) is 18.1 Å². The molecule has 0 spiro atoms. The zero-order chi connectivity index (χ0) is 13.0. The van der Waals surface area contributed by atoms with Crippen LogP contribution in [0.1, 0.15) is 51.9 Å². The molecule has 2 fully saturated rings. The number of hydrogen-bond acceptors (Lipinski definition) is 3. The van der Waals surface area contributed by atoms with Crippen molar-refractivity contribution in [2.75, 3.05) is 13.1 Å². The van der Waals surface area contributed by atoms with E-state index in [9.17, 15) is 10.4 Å². The van der Waals surface area contributed by atoms with Crippen molar-refractivity contribution in [3.05, 3.63) is 0 Å². The summed E-state index contributed by atoms with van der Waals surface area (Å²) in [6, 6.07) is 2.97. The number of piperidine rings is 1. The number of nitriles is 1. The number of likely N-dealkylation sites (tertiary alicyclic amines) is 1. The minimum absolute atomic E-state index is 0.114. The van der Waals surface area contributed by atoms with Crippen LogP contribution in [0.15, 0.2) is 0 Å². The number of aliphatic hydroxyl groups is 1. The molecular formula is C15H26N2O. The van der Waals surface area contributed by atoms with E-state index in [0.717, 1.165) is 38.3 Å². The lowest BCUT2D eigenvalue weighted by molar-refractivity contribution is 0.0294. The molecule has 0 radical (unpaired) electrons. The molecule has 2 aliphatic rings. The van der Waals surface area contributed by atoms with Crippen molar-refractivity contribution in [1.82, 2.24) is 4.90 Å². The van der Waals surface area contributed by atoms with Gasteiger partial charge in [-0.05, 0) is 38.0 Å². The molecule has 1 aliphatic carbocycles. The Hall–Kier alpha value is -0.590. The molecule has 0 aromatic heterocycles. The van der Waals surface area contributed by atoms with Crippen LogP contribution in [0.3, 0.4) is 0 Å². The standard InChI is InChI=1S/C15H26N2O/c1-2-3-12-4-5-13(11-16)15(10-12)17-8-6-14(18)7-9-17/h12-15,18H,2-10H2,1H3. The summed E-state index contributed by atoms with van der Waals surface area (Å²) in [5.41, 5.74) is 0. The van der Waals surface area contributed by atoms with E-state index in [0.29, 0.717) is 6.04 Å². The molecule has 1 N–H and O–H groups in total. The highest BCUT2D eigenvalue weighted by Gasteiger charge is 2.35. The lowest BCUT2D eigenvalue weighted by Crippen LogP contribution is -2.48. The molecule has 3 atom stereocenters. The van der Waals surface area contributed by atoms with E-state index < -0.39 is 0 Å². The minimum atomic E-state index is -0.114. The molecule has 1 saturated carbocycles. The van der Waals surface area contributed by atoms with Crippen molar-refractivity contribution in [1.29, 1.82) is 5.26 Å². The smallest absolute Gasteiger partial charge is 0.0672 e. The maximum atomic E-state index is 9.59. The molecule has 0 amide bonds. The van der Waals surface area contributed by atoms with Gasteiger partial charge in [-0.25, -0.2) is 0 Å². The number of aliphatic hydroxyl groups excluding tert-OH is 1. The van der Waals surface area contributed by atoms with Gasteiger partial charge in [-0.3, -0.25) is 4.90 Å². The summed E-state index contributed by atoms with van der Waals surface area (Å²) in [4.78, 5) is 2.47. The second kappa shape index (κ2) is 6.54. The summed E-state index contributed by atoms with van der Waals surface area (Å²) in [7, 11) is 0. The molecule has 3 nitrogen and oxygen atoms in total. The van der Waals surface area contributed by atoms with E-state index >= 15 is 0 Å². The van der Waals surface area contributed by atoms with Crippen LogP contribution >= 0.6 is 0 Å². The van der Waals surface area contributed by atoms with Gasteiger partial charge in [0.1, 0.15) is 0 Å². The van der Waals surface area contributed by atoms with Crippen LogP contribution in [0.2, 0.25) is 0 Å². The fourth-order valence-corrected chi connectivity index (χ4v) is 3.67. The van der Waals surface area contributed by atoms with Crippen LogP contribution in [0.25, 0.3) is 0 Å². The Bertz CT molecular complexity index is 291. The molecule has 3 unspecified atom stereocenters. The van der Waals surface area contributed by atoms with Crippen LogP contribution in [0.5, 0.6) is 0 Å². The number of nitrogens with zero attached hydrogens (tertiary/aromatic N) is 2. The molecule has 0 aromatic carbocycles. The van der Waals surface area contributed by atoms with Gasteiger partial charge in [-0.15, -0.1) is 0 Å². The Balaban J connectivity index is 1.95. The topological polar surface area (TPSA) is 47.3 Å². The average molecular weight is 250 g/mol. The van der Waals surface area contributed by atoms with E-state index in [1.54, 1.807) is 0 Å². The van der Waals surface area contributed by atoms with Crippen molar-refractivity contribution in [2.45, 2.75) is 64.0 Å². The van der Waals surface area contributed by atoms with Gasteiger partial charge in [0.25, 0.3) is 0 Å². The summed E-state index contributed by atoms with van der Waals surface area (Å²) >= 11 is 0. The Labute approximate surface area is 111 Å². The van der Waals surface area contributed by atoms with Crippen LogP contribution in [0.4, 0.5) is 0 Å². The lowest BCUT2D eigenvalue weighted by Gasteiger charge is -2.42. The van der Waals surface area contributed by atoms with E-state index in [1.165, 1.54) is 25.7 Å². The summed E-state index contributed by atoms with van der Waals surface area (Å²) < 4.78 is 0. The first kappa shape index (κ1) is 13.8. The van der Waals surface area contributed by atoms with Gasteiger partial charge in [0.15, 0.2) is 0 Å². The van der Waals surface area contributed by atoms with Gasteiger partial charge in [-0.1, -0.05) is 19.8 Å². The van der Waals surface area contributed by atoms with E-state index in [-0.39, 0.29) is 12.0 Å². The third-order valence-corrected chi connectivity index (χ3v) is 4.76. The SMILES string of the molecule is CCCC1CCC(C#N)C(N2CCC(O)CC2)C1. The summed E-state index contributed by atoms with van der Waals surface area (Å²) in [5, 5.41) is 18.9. The van der Waals surface area contributed by atoms with Crippen LogP contribution in [0, 0.1) is 23.2 Å². The quantitative estimate of drug-likeness (QED) is 0.837. The molecule has 0 aromatic rings. The molecule has 1 aliphatic heterocycles. The second-order valence-corrected chi connectivity index (χ2v) is 6.04. The van der Waals surface area contributed by atoms with E-state index in [1.807, 2.05) is 0 Å². The highest BCUT2D eigenvalue weighted by atomic mass is 16.3. The molecule has 3 heteroatoms. The van der Waals surface area contributed by atoms with Gasteiger partial charge >= 0.3 is 0 Å². The maximum Gasteiger partial charge on any atom is 0.0672 e. The van der Waals surface area contributed by atoms with Crippen molar-refractivity contribution >= 4 is 0 Å². The zero-order valence-corrected chi connectivity index (χ0v) is 11.5. The first-order chi connectivity index (χ1) is 8.74. The molecule has 0 bridgehead atoms. The molecule has 1 heterocycles. The monoisotopic (exact) mass is 250 g/mol. The minimum Gasteiger partial charge on any atom is -0.393 e. The highest BCUT2D eigenvalue weighted by molar-refractivity contribution is 4.98. The predicted octanol–water partition coefficient (Wildman–Crippen LogP) is 2.55. The summed E-state index contributed by atoms with van der Waals surface area (Å²) in [5.74, 6) is 1.03. The Morgan fingerprint density at radius 1 is 1.22 bits per heavy atom. The van der Waals surface area contributed by atoms with Gasteiger partial charge < -0.3 is 5.11 Å². The predicted molar refractivity (Wildman–Crippen MR) is 72.0 cm³/mol.